The van der Waals surface area contributed by atoms with E-state index in [1.54, 1.807) is 0 Å². The molecule has 1 atom stereocenters. The molecule has 3 N–H and O–H groups in total. The molecule has 0 aliphatic rings. The number of hydrazine groups is 1. The van der Waals surface area contributed by atoms with E-state index in [1.165, 1.54) is 32.4 Å². The molecule has 1 unspecified atom stereocenters. The van der Waals surface area contributed by atoms with Crippen LogP contribution in [-0.2, 0) is 9.47 Å². The fourth-order valence-corrected chi connectivity index (χ4v) is 1.67. The average molecular weight is 249 g/mol. The normalized spacial score (nSPS) is 13.1. The van der Waals surface area contributed by atoms with Gasteiger partial charge in [-0.25, -0.2) is 9.82 Å². The van der Waals surface area contributed by atoms with E-state index in [0.29, 0.717) is 10.6 Å². The van der Waals surface area contributed by atoms with Crippen molar-refractivity contribution >= 4 is 11.6 Å². The van der Waals surface area contributed by atoms with Gasteiger partial charge in [0.05, 0.1) is 6.04 Å². The van der Waals surface area contributed by atoms with Gasteiger partial charge in [-0.2, -0.15) is 0 Å². The molecule has 1 aromatic carbocycles. The third kappa shape index (κ3) is 2.90. The molecule has 0 bridgehead atoms. The highest BCUT2D eigenvalue weighted by Crippen LogP contribution is 2.27. The van der Waals surface area contributed by atoms with Gasteiger partial charge in [0.15, 0.2) is 6.29 Å². The minimum absolute atomic E-state index is 0.392. The summed E-state index contributed by atoms with van der Waals surface area (Å²) in [5, 5.41) is 0.392. The van der Waals surface area contributed by atoms with E-state index >= 15 is 0 Å². The van der Waals surface area contributed by atoms with Crippen molar-refractivity contribution in [3.8, 4) is 0 Å². The first-order valence-corrected chi connectivity index (χ1v) is 4.98. The van der Waals surface area contributed by atoms with Crippen molar-refractivity contribution in [2.75, 3.05) is 14.2 Å². The van der Waals surface area contributed by atoms with E-state index in [0.717, 1.165) is 0 Å². The van der Waals surface area contributed by atoms with E-state index < -0.39 is 18.1 Å². The van der Waals surface area contributed by atoms with Gasteiger partial charge in [-0.15, -0.1) is 0 Å². The topological polar surface area (TPSA) is 56.5 Å². The highest BCUT2D eigenvalue weighted by molar-refractivity contribution is 6.31. The Kier molecular flexibility index (Phi) is 5.11. The number of halogens is 2. The zero-order chi connectivity index (χ0) is 12.1. The van der Waals surface area contributed by atoms with Gasteiger partial charge in [-0.05, 0) is 23.8 Å². The summed E-state index contributed by atoms with van der Waals surface area (Å²) in [6.07, 6.45) is -0.649. The van der Waals surface area contributed by atoms with Gasteiger partial charge in [0.25, 0.3) is 0 Å². The number of nitrogens with two attached hydrogens (primary N) is 1. The van der Waals surface area contributed by atoms with Crippen LogP contribution in [0.2, 0.25) is 5.02 Å². The van der Waals surface area contributed by atoms with Gasteiger partial charge in [-0.3, -0.25) is 5.84 Å². The van der Waals surface area contributed by atoms with E-state index in [4.69, 9.17) is 26.9 Å². The summed E-state index contributed by atoms with van der Waals surface area (Å²) in [4.78, 5) is 0. The minimum atomic E-state index is -0.649. The molecule has 1 aromatic rings. The first-order valence-electron chi connectivity index (χ1n) is 4.60. The van der Waals surface area contributed by atoms with Crippen molar-refractivity contribution in [2.45, 2.75) is 12.3 Å². The molecular weight excluding hydrogens is 235 g/mol. The number of methoxy groups -OCH3 is 2. The Morgan fingerprint density at radius 1 is 1.38 bits per heavy atom. The van der Waals surface area contributed by atoms with Crippen molar-refractivity contribution < 1.29 is 13.9 Å². The second kappa shape index (κ2) is 6.12. The van der Waals surface area contributed by atoms with Gasteiger partial charge in [0, 0.05) is 19.2 Å². The van der Waals surface area contributed by atoms with E-state index in [2.05, 4.69) is 5.43 Å². The molecule has 0 heterocycles. The predicted octanol–water partition coefficient (Wildman–Crippen LogP) is 1.60. The molecule has 0 aromatic heterocycles. The van der Waals surface area contributed by atoms with Crippen LogP contribution in [0, 0.1) is 5.82 Å². The summed E-state index contributed by atoms with van der Waals surface area (Å²) in [6, 6.07) is 3.48. The fraction of sp³-hybridized carbons (Fsp3) is 0.400. The maximum atomic E-state index is 13.1. The van der Waals surface area contributed by atoms with E-state index in [9.17, 15) is 4.39 Å². The van der Waals surface area contributed by atoms with E-state index in [-0.39, 0.29) is 0 Å². The van der Waals surface area contributed by atoms with Crippen LogP contribution in [0.1, 0.15) is 11.6 Å². The summed E-state index contributed by atoms with van der Waals surface area (Å²) >= 11 is 5.95. The molecule has 0 aliphatic carbocycles. The number of nitrogens with one attached hydrogen (secondary N) is 1. The first-order chi connectivity index (χ1) is 7.63. The summed E-state index contributed by atoms with van der Waals surface area (Å²) < 4.78 is 23.2. The molecule has 16 heavy (non-hydrogen) atoms. The Morgan fingerprint density at radius 3 is 2.50 bits per heavy atom. The van der Waals surface area contributed by atoms with Crippen LogP contribution in [0.25, 0.3) is 0 Å². The lowest BCUT2D eigenvalue weighted by Gasteiger charge is -2.25. The average Bonchev–Trinajstić information content (AvgIpc) is 2.29. The monoisotopic (exact) mass is 248 g/mol. The molecule has 90 valence electrons. The molecule has 0 aliphatic heterocycles. The molecule has 0 radical (unpaired) electrons. The minimum Gasteiger partial charge on any atom is -0.354 e. The first kappa shape index (κ1) is 13.3. The Morgan fingerprint density at radius 2 is 2.00 bits per heavy atom. The molecule has 0 saturated heterocycles. The van der Waals surface area contributed by atoms with E-state index in [1.807, 2.05) is 0 Å². The maximum absolute atomic E-state index is 13.1. The molecule has 0 fully saturated rings. The van der Waals surface area contributed by atoms with Crippen LogP contribution in [0.3, 0.4) is 0 Å². The van der Waals surface area contributed by atoms with Crippen LogP contribution in [-0.4, -0.2) is 20.5 Å². The summed E-state index contributed by atoms with van der Waals surface area (Å²) in [5.74, 6) is 4.99. The second-order valence-corrected chi connectivity index (χ2v) is 3.56. The molecule has 0 amide bonds. The van der Waals surface area contributed by atoms with Crippen LogP contribution in [0.4, 0.5) is 4.39 Å². The number of rotatable bonds is 5. The van der Waals surface area contributed by atoms with Crippen molar-refractivity contribution in [3.63, 3.8) is 0 Å². The second-order valence-electron chi connectivity index (χ2n) is 3.15. The Labute approximate surface area is 98.4 Å². The Balaban J connectivity index is 3.06. The zero-order valence-electron chi connectivity index (χ0n) is 9.04. The third-order valence-corrected chi connectivity index (χ3v) is 2.55. The summed E-state index contributed by atoms with van der Waals surface area (Å²) in [7, 11) is 2.93. The lowest BCUT2D eigenvalue weighted by molar-refractivity contribution is -0.124. The van der Waals surface area contributed by atoms with Gasteiger partial charge in [0.1, 0.15) is 5.82 Å². The molecule has 0 spiro atoms. The van der Waals surface area contributed by atoms with Gasteiger partial charge < -0.3 is 9.47 Å². The Bertz CT molecular complexity index is 348. The fourth-order valence-electron chi connectivity index (χ4n) is 1.44. The largest absolute Gasteiger partial charge is 0.354 e. The van der Waals surface area contributed by atoms with Crippen molar-refractivity contribution in [1.82, 2.24) is 5.43 Å². The van der Waals surface area contributed by atoms with Crippen LogP contribution in [0.15, 0.2) is 18.2 Å². The standard InChI is InChI=1S/C10H14ClFN2O2/c1-15-10(16-2)9(14-13)7-5-6(12)3-4-8(7)11/h3-5,9-10,14H,13H2,1-2H3. The molecule has 4 nitrogen and oxygen atoms in total. The lowest BCUT2D eigenvalue weighted by atomic mass is 10.1. The smallest absolute Gasteiger partial charge is 0.177 e. The van der Waals surface area contributed by atoms with Gasteiger partial charge in [0.2, 0.25) is 0 Å². The van der Waals surface area contributed by atoms with Crippen LogP contribution >= 0.6 is 11.6 Å². The van der Waals surface area contributed by atoms with Crippen LogP contribution < -0.4 is 11.3 Å². The summed E-state index contributed by atoms with van der Waals surface area (Å²) in [6.45, 7) is 0. The quantitative estimate of drug-likeness (QED) is 0.472. The van der Waals surface area contributed by atoms with Gasteiger partial charge >= 0.3 is 0 Å². The Hall–Kier alpha value is -0.720. The number of hydrogen-bond donors (Lipinski definition) is 2. The van der Waals surface area contributed by atoms with Crippen molar-refractivity contribution in [3.05, 3.63) is 34.6 Å². The molecule has 6 heteroatoms. The SMILES string of the molecule is COC(OC)C(NN)c1cc(F)ccc1Cl. The zero-order valence-corrected chi connectivity index (χ0v) is 9.79. The van der Waals surface area contributed by atoms with Crippen molar-refractivity contribution in [1.29, 1.82) is 0 Å². The molecule has 0 saturated carbocycles. The maximum Gasteiger partial charge on any atom is 0.177 e. The molecule has 1 rings (SSSR count). The number of ether oxygens (including phenoxy) is 2. The predicted molar refractivity (Wildman–Crippen MR) is 59.3 cm³/mol. The van der Waals surface area contributed by atoms with Gasteiger partial charge in [-0.1, -0.05) is 11.6 Å². The highest BCUT2D eigenvalue weighted by atomic mass is 35.5. The van der Waals surface area contributed by atoms with Crippen molar-refractivity contribution in [2.24, 2.45) is 5.84 Å². The summed E-state index contributed by atoms with van der Waals surface area (Å²) in [5.41, 5.74) is 2.97. The van der Waals surface area contributed by atoms with Crippen LogP contribution in [0.5, 0.6) is 0 Å². The molecular formula is C10H14ClFN2O2. The highest BCUT2D eigenvalue weighted by Gasteiger charge is 2.24. The number of benzene rings is 1. The third-order valence-electron chi connectivity index (χ3n) is 2.21. The lowest BCUT2D eigenvalue weighted by Crippen LogP contribution is -2.38. The number of hydrogen-bond acceptors (Lipinski definition) is 4.